The number of fused-ring (bicyclic) bond motifs is 9. The number of nitrogens with zero attached hydrogens (tertiary/aromatic N) is 3. The Morgan fingerprint density at radius 3 is 1.53 bits per heavy atom. The summed E-state index contributed by atoms with van der Waals surface area (Å²) in [5.74, 6) is 1.95. The second kappa shape index (κ2) is 12.8. The summed E-state index contributed by atoms with van der Waals surface area (Å²) in [5, 5.41) is 10.4. The van der Waals surface area contributed by atoms with E-state index in [1.807, 2.05) is 72.0 Å². The van der Waals surface area contributed by atoms with Crippen molar-refractivity contribution in [2.24, 2.45) is 0 Å². The molecule has 0 N–H and O–H groups in total. The van der Waals surface area contributed by atoms with Crippen molar-refractivity contribution in [3.8, 4) is 56.4 Å². The van der Waals surface area contributed by atoms with E-state index in [-0.39, 0.29) is 0 Å². The van der Waals surface area contributed by atoms with Crippen LogP contribution in [0.5, 0.6) is 0 Å². The molecule has 0 fully saturated rings. The van der Waals surface area contributed by atoms with Crippen molar-refractivity contribution in [3.63, 3.8) is 0 Å². The minimum absolute atomic E-state index is 0.643. The first-order valence-electron chi connectivity index (χ1n) is 18.5. The second-order valence-electron chi connectivity index (χ2n) is 14.0. The van der Waals surface area contributed by atoms with E-state index in [0.717, 1.165) is 27.8 Å². The van der Waals surface area contributed by atoms with Crippen LogP contribution in [0, 0.1) is 0 Å². The summed E-state index contributed by atoms with van der Waals surface area (Å²) in [4.78, 5) is 14.9. The second-order valence-corrected chi connectivity index (χ2v) is 15.0. The Morgan fingerprint density at radius 2 is 0.818 bits per heavy atom. The van der Waals surface area contributed by atoms with E-state index in [4.69, 9.17) is 15.0 Å². The minimum atomic E-state index is 0.643. The van der Waals surface area contributed by atoms with Gasteiger partial charge in [0.05, 0.1) is 0 Å². The van der Waals surface area contributed by atoms with Crippen molar-refractivity contribution in [2.75, 3.05) is 0 Å². The van der Waals surface area contributed by atoms with Gasteiger partial charge in [-0.3, -0.25) is 0 Å². The van der Waals surface area contributed by atoms with Gasteiger partial charge in [-0.1, -0.05) is 170 Å². The van der Waals surface area contributed by atoms with Gasteiger partial charge in [0.1, 0.15) is 0 Å². The standard InChI is InChI=1S/C51H31N3S/c1-3-12-34(13-4-1)49-52-50(35-14-5-2-6-15-35)54-51(53-49)39-17-11-16-36(31-39)40-18-7-8-19-41(40)37-27-28-42-38(30-37)25-24-32-22-23-33-26-29-44-43-20-9-10-21-45(43)55-48(44)47(33)46(32)42/h1-31H. The van der Waals surface area contributed by atoms with Crippen molar-refractivity contribution < 1.29 is 0 Å². The quantitative estimate of drug-likeness (QED) is 0.166. The van der Waals surface area contributed by atoms with Crippen molar-refractivity contribution >= 4 is 63.8 Å². The van der Waals surface area contributed by atoms with Crippen molar-refractivity contribution in [3.05, 3.63) is 188 Å². The molecule has 3 nitrogen and oxygen atoms in total. The van der Waals surface area contributed by atoms with E-state index in [1.165, 1.54) is 63.6 Å². The van der Waals surface area contributed by atoms with Gasteiger partial charge in [0, 0.05) is 42.2 Å². The zero-order chi connectivity index (χ0) is 36.3. The molecule has 0 aliphatic carbocycles. The molecule has 0 amide bonds. The number of thiophene rings is 1. The maximum atomic E-state index is 5.01. The summed E-state index contributed by atoms with van der Waals surface area (Å²) >= 11 is 1.90. The van der Waals surface area contributed by atoms with Crippen LogP contribution in [0.2, 0.25) is 0 Å². The SMILES string of the molecule is c1ccc(-c2nc(-c3ccccc3)nc(-c3cccc(-c4ccccc4-c4ccc5c(ccc6ccc7ccc8c9ccccc9sc8c7c65)c4)c3)n2)cc1. The highest BCUT2D eigenvalue weighted by molar-refractivity contribution is 7.26. The van der Waals surface area contributed by atoms with E-state index >= 15 is 0 Å². The molecule has 2 heterocycles. The van der Waals surface area contributed by atoms with E-state index < -0.39 is 0 Å². The average molecular weight is 718 g/mol. The van der Waals surface area contributed by atoms with Crippen LogP contribution in [0.4, 0.5) is 0 Å². The van der Waals surface area contributed by atoms with Gasteiger partial charge in [0.15, 0.2) is 17.5 Å². The molecule has 0 unspecified atom stereocenters. The van der Waals surface area contributed by atoms with E-state index in [2.05, 4.69) is 127 Å². The number of hydrogen-bond donors (Lipinski definition) is 0. The Morgan fingerprint density at radius 1 is 0.309 bits per heavy atom. The minimum Gasteiger partial charge on any atom is -0.208 e. The average Bonchev–Trinajstić information content (AvgIpc) is 3.65. The number of hydrogen-bond acceptors (Lipinski definition) is 4. The molecule has 55 heavy (non-hydrogen) atoms. The van der Waals surface area contributed by atoms with Gasteiger partial charge in [-0.25, -0.2) is 15.0 Å². The lowest BCUT2D eigenvalue weighted by molar-refractivity contribution is 1.07. The molecule has 0 spiro atoms. The predicted octanol–water partition coefficient (Wildman–Crippen LogP) is 14.0. The van der Waals surface area contributed by atoms with Crippen LogP contribution in [0.1, 0.15) is 0 Å². The molecule has 0 aliphatic heterocycles. The Hall–Kier alpha value is -7.01. The number of rotatable bonds is 5. The molecule has 11 rings (SSSR count). The normalized spacial score (nSPS) is 11.6. The maximum absolute atomic E-state index is 5.01. The smallest absolute Gasteiger partial charge is 0.164 e. The van der Waals surface area contributed by atoms with Crippen LogP contribution in [0.25, 0.3) is 109 Å². The fraction of sp³-hybridized carbons (Fsp3) is 0. The van der Waals surface area contributed by atoms with Crippen LogP contribution in [0.15, 0.2) is 188 Å². The molecule has 0 radical (unpaired) electrons. The molecule has 11 aromatic rings. The molecule has 9 aromatic carbocycles. The van der Waals surface area contributed by atoms with Gasteiger partial charge in [-0.05, 0) is 67.4 Å². The summed E-state index contributed by atoms with van der Waals surface area (Å²) in [6.45, 7) is 0. The summed E-state index contributed by atoms with van der Waals surface area (Å²) in [7, 11) is 0. The van der Waals surface area contributed by atoms with Gasteiger partial charge in [0.25, 0.3) is 0 Å². The zero-order valence-electron chi connectivity index (χ0n) is 29.6. The zero-order valence-corrected chi connectivity index (χ0v) is 30.5. The molecular formula is C51H31N3S. The number of aromatic nitrogens is 3. The fourth-order valence-electron chi connectivity index (χ4n) is 8.06. The molecule has 256 valence electrons. The van der Waals surface area contributed by atoms with Crippen LogP contribution in [-0.2, 0) is 0 Å². The van der Waals surface area contributed by atoms with Gasteiger partial charge >= 0.3 is 0 Å². The van der Waals surface area contributed by atoms with Gasteiger partial charge in [0.2, 0.25) is 0 Å². The highest BCUT2D eigenvalue weighted by atomic mass is 32.1. The van der Waals surface area contributed by atoms with E-state index in [9.17, 15) is 0 Å². The Kier molecular flexibility index (Phi) is 7.35. The molecule has 0 saturated heterocycles. The third-order valence-corrected chi connectivity index (χ3v) is 11.9. The monoisotopic (exact) mass is 717 g/mol. The van der Waals surface area contributed by atoms with E-state index in [0.29, 0.717) is 17.5 Å². The molecule has 0 saturated carbocycles. The Labute approximate surface area is 321 Å². The van der Waals surface area contributed by atoms with Crippen molar-refractivity contribution in [1.29, 1.82) is 0 Å². The molecule has 4 heteroatoms. The molecule has 0 bridgehead atoms. The van der Waals surface area contributed by atoms with Crippen molar-refractivity contribution in [1.82, 2.24) is 15.0 Å². The summed E-state index contributed by atoms with van der Waals surface area (Å²) < 4.78 is 2.69. The first-order chi connectivity index (χ1) is 27.2. The Balaban J connectivity index is 1.04. The third kappa shape index (κ3) is 5.38. The first kappa shape index (κ1) is 31.5. The fourth-order valence-corrected chi connectivity index (χ4v) is 9.33. The van der Waals surface area contributed by atoms with Crippen LogP contribution in [0.3, 0.4) is 0 Å². The largest absolute Gasteiger partial charge is 0.208 e. The van der Waals surface area contributed by atoms with Crippen molar-refractivity contribution in [2.45, 2.75) is 0 Å². The lowest BCUT2D eigenvalue weighted by Crippen LogP contribution is -2.00. The molecular weight excluding hydrogens is 687 g/mol. The maximum Gasteiger partial charge on any atom is 0.164 e. The van der Waals surface area contributed by atoms with Crippen LogP contribution < -0.4 is 0 Å². The number of benzene rings is 9. The lowest BCUT2D eigenvalue weighted by Gasteiger charge is -2.14. The topological polar surface area (TPSA) is 38.7 Å². The lowest BCUT2D eigenvalue weighted by atomic mass is 9.90. The predicted molar refractivity (Wildman–Crippen MR) is 232 cm³/mol. The van der Waals surface area contributed by atoms with Gasteiger partial charge in [-0.15, -0.1) is 11.3 Å². The Bertz CT molecular complexity index is 3200. The highest BCUT2D eigenvalue weighted by Gasteiger charge is 2.16. The highest BCUT2D eigenvalue weighted by Crippen LogP contribution is 2.44. The molecule has 0 atom stereocenters. The summed E-state index contributed by atoms with van der Waals surface area (Å²) in [6, 6.07) is 66.9. The molecule has 0 aliphatic rings. The third-order valence-electron chi connectivity index (χ3n) is 10.7. The first-order valence-corrected chi connectivity index (χ1v) is 19.3. The van der Waals surface area contributed by atoms with Gasteiger partial charge in [-0.2, -0.15) is 0 Å². The summed E-state index contributed by atoms with van der Waals surface area (Å²) in [5.41, 5.74) is 7.46. The van der Waals surface area contributed by atoms with Gasteiger partial charge < -0.3 is 0 Å². The molecule has 2 aromatic heterocycles. The van der Waals surface area contributed by atoms with Crippen LogP contribution in [-0.4, -0.2) is 15.0 Å². The van der Waals surface area contributed by atoms with Crippen LogP contribution >= 0.6 is 11.3 Å². The van der Waals surface area contributed by atoms with E-state index in [1.54, 1.807) is 0 Å². The summed E-state index contributed by atoms with van der Waals surface area (Å²) in [6.07, 6.45) is 0.